The van der Waals surface area contributed by atoms with Crippen molar-refractivity contribution in [2.24, 2.45) is 5.73 Å². The summed E-state index contributed by atoms with van der Waals surface area (Å²) in [6.07, 6.45) is -1.19. The van der Waals surface area contributed by atoms with Crippen molar-refractivity contribution in [2.75, 3.05) is 13.7 Å². The van der Waals surface area contributed by atoms with Crippen molar-refractivity contribution in [3.8, 4) is 5.75 Å². The summed E-state index contributed by atoms with van der Waals surface area (Å²) >= 11 is 5.84. The molecule has 94 valence electrons. The van der Waals surface area contributed by atoms with E-state index in [1.807, 2.05) is 0 Å². The average molecular weight is 259 g/mol. The van der Waals surface area contributed by atoms with Gasteiger partial charge in [0.1, 0.15) is 11.9 Å². The molecule has 0 spiro atoms. The molecule has 1 rings (SSSR count). The minimum atomic E-state index is -1.19. The Bertz CT molecular complexity index is 398. The van der Waals surface area contributed by atoms with E-state index in [0.717, 1.165) is 5.56 Å². The summed E-state index contributed by atoms with van der Waals surface area (Å²) in [7, 11) is 1.53. The molecule has 4 N–H and O–H groups in total. The summed E-state index contributed by atoms with van der Waals surface area (Å²) in [6.45, 7) is 0.109. The molecule has 6 heteroatoms. The van der Waals surface area contributed by atoms with Crippen LogP contribution in [0.1, 0.15) is 5.56 Å². The predicted molar refractivity (Wildman–Crippen MR) is 64.9 cm³/mol. The fourth-order valence-electron chi connectivity index (χ4n) is 1.29. The number of nitrogens with two attached hydrogens (primary N) is 1. The van der Waals surface area contributed by atoms with Gasteiger partial charge in [-0.2, -0.15) is 0 Å². The molecule has 0 bridgehead atoms. The van der Waals surface area contributed by atoms with Crippen molar-refractivity contribution in [3.63, 3.8) is 0 Å². The molecule has 5 nitrogen and oxygen atoms in total. The van der Waals surface area contributed by atoms with E-state index in [1.54, 1.807) is 18.2 Å². The lowest BCUT2D eigenvalue weighted by Crippen LogP contribution is -2.38. The summed E-state index contributed by atoms with van der Waals surface area (Å²) in [5.41, 5.74) is 5.90. The minimum Gasteiger partial charge on any atom is -0.496 e. The second kappa shape index (κ2) is 6.44. The van der Waals surface area contributed by atoms with Crippen LogP contribution in [0.2, 0.25) is 5.02 Å². The molecule has 1 unspecified atom stereocenters. The first-order valence-corrected chi connectivity index (χ1v) is 5.44. The lowest BCUT2D eigenvalue weighted by Gasteiger charge is -2.12. The Balaban J connectivity index is 2.68. The van der Waals surface area contributed by atoms with Crippen LogP contribution >= 0.6 is 11.6 Å². The highest BCUT2D eigenvalue weighted by atomic mass is 35.5. The Morgan fingerprint density at radius 2 is 2.35 bits per heavy atom. The van der Waals surface area contributed by atoms with E-state index < -0.39 is 12.0 Å². The zero-order chi connectivity index (χ0) is 12.8. The number of benzene rings is 1. The van der Waals surface area contributed by atoms with Gasteiger partial charge in [-0.3, -0.25) is 4.79 Å². The number of carbonyl (C=O) groups excluding carboxylic acids is 1. The molecule has 0 heterocycles. The second-order valence-electron chi connectivity index (χ2n) is 3.43. The van der Waals surface area contributed by atoms with Gasteiger partial charge in [0.15, 0.2) is 0 Å². The summed E-state index contributed by atoms with van der Waals surface area (Å²) in [5.74, 6) is 0.103. The largest absolute Gasteiger partial charge is 0.496 e. The molecule has 0 radical (unpaired) electrons. The number of amides is 1. The van der Waals surface area contributed by atoms with Gasteiger partial charge in [-0.15, -0.1) is 0 Å². The molecule has 1 aromatic carbocycles. The highest BCUT2D eigenvalue weighted by Crippen LogP contribution is 2.22. The second-order valence-corrected chi connectivity index (χ2v) is 3.86. The number of hydrogen-bond donors (Lipinski definition) is 3. The maximum absolute atomic E-state index is 11.3. The summed E-state index contributed by atoms with van der Waals surface area (Å²) in [6, 6.07) is 5.10. The first-order chi connectivity index (χ1) is 8.08. The summed E-state index contributed by atoms with van der Waals surface area (Å²) in [5, 5.41) is 12.3. The SMILES string of the molecule is COc1ccc(Cl)cc1CNC(=O)C(O)CN. The van der Waals surface area contributed by atoms with Gasteiger partial charge in [0.2, 0.25) is 5.91 Å². The number of methoxy groups -OCH3 is 1. The van der Waals surface area contributed by atoms with Crippen LogP contribution in [0, 0.1) is 0 Å². The van der Waals surface area contributed by atoms with Crippen molar-refractivity contribution >= 4 is 17.5 Å². The van der Waals surface area contributed by atoms with Crippen LogP contribution in [-0.2, 0) is 11.3 Å². The molecule has 0 saturated heterocycles. The van der Waals surface area contributed by atoms with Gasteiger partial charge in [0, 0.05) is 23.7 Å². The molecule has 1 amide bonds. The van der Waals surface area contributed by atoms with Crippen LogP contribution in [0.4, 0.5) is 0 Å². The van der Waals surface area contributed by atoms with Gasteiger partial charge in [0.25, 0.3) is 0 Å². The monoisotopic (exact) mass is 258 g/mol. The van der Waals surface area contributed by atoms with E-state index in [9.17, 15) is 9.90 Å². The van der Waals surface area contributed by atoms with Crippen molar-refractivity contribution in [3.05, 3.63) is 28.8 Å². The molecule has 0 aliphatic rings. The Hall–Kier alpha value is -1.30. The van der Waals surface area contributed by atoms with Gasteiger partial charge in [0.05, 0.1) is 7.11 Å². The third-order valence-electron chi connectivity index (χ3n) is 2.22. The molecular weight excluding hydrogens is 244 g/mol. The number of rotatable bonds is 5. The highest BCUT2D eigenvalue weighted by Gasteiger charge is 2.13. The molecule has 0 aromatic heterocycles. The lowest BCUT2D eigenvalue weighted by atomic mass is 10.2. The topological polar surface area (TPSA) is 84.6 Å². The number of nitrogens with one attached hydrogen (secondary N) is 1. The first-order valence-electron chi connectivity index (χ1n) is 5.06. The van der Waals surface area contributed by atoms with Gasteiger partial charge in [-0.25, -0.2) is 0 Å². The van der Waals surface area contributed by atoms with Gasteiger partial charge >= 0.3 is 0 Å². The van der Waals surface area contributed by atoms with Crippen LogP contribution < -0.4 is 15.8 Å². The maximum Gasteiger partial charge on any atom is 0.250 e. The highest BCUT2D eigenvalue weighted by molar-refractivity contribution is 6.30. The van der Waals surface area contributed by atoms with Crippen molar-refractivity contribution in [1.29, 1.82) is 0 Å². The third-order valence-corrected chi connectivity index (χ3v) is 2.46. The molecule has 0 fully saturated rings. The Morgan fingerprint density at radius 3 is 2.94 bits per heavy atom. The molecule has 0 aliphatic heterocycles. The Morgan fingerprint density at radius 1 is 1.65 bits per heavy atom. The van der Waals surface area contributed by atoms with E-state index in [4.69, 9.17) is 22.1 Å². The molecule has 1 atom stereocenters. The lowest BCUT2D eigenvalue weighted by molar-refractivity contribution is -0.128. The predicted octanol–water partition coefficient (Wildman–Crippen LogP) is 0.284. The van der Waals surface area contributed by atoms with Crippen molar-refractivity contribution in [2.45, 2.75) is 12.6 Å². The van der Waals surface area contributed by atoms with E-state index in [0.29, 0.717) is 10.8 Å². The molecule has 0 aliphatic carbocycles. The van der Waals surface area contributed by atoms with Crippen LogP contribution in [0.5, 0.6) is 5.75 Å². The van der Waals surface area contributed by atoms with Gasteiger partial charge < -0.3 is 20.9 Å². The van der Waals surface area contributed by atoms with Crippen molar-refractivity contribution in [1.82, 2.24) is 5.32 Å². The summed E-state index contributed by atoms with van der Waals surface area (Å²) < 4.78 is 5.12. The molecule has 17 heavy (non-hydrogen) atoms. The van der Waals surface area contributed by atoms with E-state index >= 15 is 0 Å². The van der Waals surface area contributed by atoms with Crippen LogP contribution in [-0.4, -0.2) is 30.8 Å². The fraction of sp³-hybridized carbons (Fsp3) is 0.364. The minimum absolute atomic E-state index is 0.113. The quantitative estimate of drug-likeness (QED) is 0.709. The van der Waals surface area contributed by atoms with Crippen molar-refractivity contribution < 1.29 is 14.6 Å². The molecule has 0 saturated carbocycles. The Kier molecular flexibility index (Phi) is 5.21. The normalized spacial score (nSPS) is 12.0. The zero-order valence-corrected chi connectivity index (χ0v) is 10.2. The fourth-order valence-corrected chi connectivity index (χ4v) is 1.49. The number of hydrogen-bond acceptors (Lipinski definition) is 4. The zero-order valence-electron chi connectivity index (χ0n) is 9.44. The van der Waals surface area contributed by atoms with Crippen LogP contribution in [0.3, 0.4) is 0 Å². The average Bonchev–Trinajstić information content (AvgIpc) is 2.35. The van der Waals surface area contributed by atoms with E-state index in [1.165, 1.54) is 7.11 Å². The third kappa shape index (κ3) is 3.89. The number of halogens is 1. The number of aliphatic hydroxyl groups is 1. The van der Waals surface area contributed by atoms with Crippen LogP contribution in [0.25, 0.3) is 0 Å². The van der Waals surface area contributed by atoms with E-state index in [2.05, 4.69) is 5.32 Å². The van der Waals surface area contributed by atoms with Gasteiger partial charge in [-0.05, 0) is 18.2 Å². The summed E-state index contributed by atoms with van der Waals surface area (Å²) in [4.78, 5) is 11.3. The maximum atomic E-state index is 11.3. The number of carbonyl (C=O) groups is 1. The smallest absolute Gasteiger partial charge is 0.250 e. The number of aliphatic hydroxyl groups excluding tert-OH is 1. The number of ether oxygens (including phenoxy) is 1. The van der Waals surface area contributed by atoms with Crippen LogP contribution in [0.15, 0.2) is 18.2 Å². The molecular formula is C11H15ClN2O3. The first kappa shape index (κ1) is 13.8. The molecule has 1 aromatic rings. The van der Waals surface area contributed by atoms with E-state index in [-0.39, 0.29) is 13.1 Å². The standard InChI is InChI=1S/C11H15ClN2O3/c1-17-10-3-2-8(12)4-7(10)6-14-11(16)9(15)5-13/h2-4,9,15H,5-6,13H2,1H3,(H,14,16). The Labute approximate surface area is 105 Å². The van der Waals surface area contributed by atoms with Gasteiger partial charge in [-0.1, -0.05) is 11.6 Å².